The molecule has 5 nitrogen and oxygen atoms in total. The second-order valence-electron chi connectivity index (χ2n) is 9.69. The minimum Gasteiger partial charge on any atom is -0.497 e. The van der Waals surface area contributed by atoms with Crippen LogP contribution in [0.1, 0.15) is 43.8 Å². The molecule has 1 N–H and O–H groups in total. The fourth-order valence-electron chi connectivity index (χ4n) is 5.27. The minimum absolute atomic E-state index is 0.0116. The molecule has 0 saturated carbocycles. The minimum atomic E-state index is -1.15. The molecule has 1 aliphatic rings. The Balaban J connectivity index is 1.30. The first-order chi connectivity index (χ1) is 17.9. The molecule has 1 saturated heterocycles. The van der Waals surface area contributed by atoms with E-state index in [0.717, 1.165) is 54.0 Å². The highest BCUT2D eigenvalue weighted by atomic mass is 32.2. The largest absolute Gasteiger partial charge is 0.497 e. The number of ether oxygens (including phenoxy) is 1. The predicted octanol–water partition coefficient (Wildman–Crippen LogP) is 6.77. The Hall–Kier alpha value is -2.71. The summed E-state index contributed by atoms with van der Waals surface area (Å²) in [5.74, 6) is 0.750. The van der Waals surface area contributed by atoms with Gasteiger partial charge in [0.15, 0.2) is 0 Å². The number of methoxy groups -OCH3 is 1. The quantitative estimate of drug-likeness (QED) is 0.207. The van der Waals surface area contributed by atoms with E-state index in [0.29, 0.717) is 24.2 Å². The van der Waals surface area contributed by atoms with Crippen LogP contribution in [0.4, 0.5) is 8.78 Å². The van der Waals surface area contributed by atoms with Crippen LogP contribution in [0.2, 0.25) is 0 Å². The summed E-state index contributed by atoms with van der Waals surface area (Å²) in [4.78, 5) is 19.3. The van der Waals surface area contributed by atoms with Gasteiger partial charge in [0.2, 0.25) is 0 Å². The number of pyridine rings is 1. The molecule has 1 aliphatic heterocycles. The standard InChI is InChI=1S/C29H34F2N2O3S/c1-36-23-6-10-28-26(18-23)25(11-13-32-28)27(31)9-3-20-12-15-33(19-21(20)17-29(34)35)14-2-16-37-24-7-4-22(30)5-8-24/h4-8,10-11,13,18,20-21,27H,2-3,9,12,14-17,19H2,1H3,(H,34,35)/t20-,21+,27-/m1/s1. The van der Waals surface area contributed by atoms with Gasteiger partial charge in [0, 0.05) is 29.4 Å². The first-order valence-electron chi connectivity index (χ1n) is 12.8. The molecule has 2 heterocycles. The molecule has 3 aromatic rings. The Labute approximate surface area is 221 Å². The van der Waals surface area contributed by atoms with Crippen LogP contribution in [0, 0.1) is 17.7 Å². The smallest absolute Gasteiger partial charge is 0.303 e. The van der Waals surface area contributed by atoms with Gasteiger partial charge in [-0.2, -0.15) is 0 Å². The summed E-state index contributed by atoms with van der Waals surface area (Å²) in [6.07, 6.45) is 3.45. The normalized spacial score (nSPS) is 19.1. The zero-order chi connectivity index (χ0) is 26.2. The number of aromatic nitrogens is 1. The lowest BCUT2D eigenvalue weighted by atomic mass is 9.79. The second kappa shape index (κ2) is 13.2. The van der Waals surface area contributed by atoms with Gasteiger partial charge in [-0.3, -0.25) is 9.78 Å². The van der Waals surface area contributed by atoms with Crippen molar-refractivity contribution >= 4 is 28.6 Å². The molecule has 2 aromatic carbocycles. The van der Waals surface area contributed by atoms with Gasteiger partial charge in [-0.15, -0.1) is 11.8 Å². The first kappa shape index (κ1) is 27.3. The van der Waals surface area contributed by atoms with E-state index in [9.17, 15) is 14.3 Å². The van der Waals surface area contributed by atoms with Crippen LogP contribution in [0.25, 0.3) is 10.9 Å². The van der Waals surface area contributed by atoms with Crippen molar-refractivity contribution in [1.29, 1.82) is 0 Å². The maximum atomic E-state index is 15.5. The fourth-order valence-corrected chi connectivity index (χ4v) is 6.10. The van der Waals surface area contributed by atoms with E-state index >= 15 is 4.39 Å². The number of rotatable bonds is 12. The number of carboxylic acid groups (broad SMARTS) is 1. The SMILES string of the molecule is COc1ccc2nccc([C@H](F)CC[C@@H]3CCN(CCCSc4ccc(F)cc4)C[C@@H]3CC(=O)O)c2c1. The third-order valence-electron chi connectivity index (χ3n) is 7.22. The monoisotopic (exact) mass is 528 g/mol. The number of thioether (sulfide) groups is 1. The van der Waals surface area contributed by atoms with Crippen LogP contribution in [0.3, 0.4) is 0 Å². The number of hydrogen-bond acceptors (Lipinski definition) is 5. The van der Waals surface area contributed by atoms with Crippen LogP contribution in [0.5, 0.6) is 5.75 Å². The van der Waals surface area contributed by atoms with E-state index in [-0.39, 0.29) is 24.1 Å². The molecular weight excluding hydrogens is 494 g/mol. The topological polar surface area (TPSA) is 62.7 Å². The highest BCUT2D eigenvalue weighted by molar-refractivity contribution is 7.99. The van der Waals surface area contributed by atoms with Crippen LogP contribution in [0.15, 0.2) is 59.6 Å². The van der Waals surface area contributed by atoms with Crippen molar-refractivity contribution in [2.75, 3.05) is 32.5 Å². The zero-order valence-corrected chi connectivity index (χ0v) is 21.9. The van der Waals surface area contributed by atoms with Crippen LogP contribution >= 0.6 is 11.8 Å². The van der Waals surface area contributed by atoms with E-state index in [1.807, 2.05) is 18.2 Å². The molecule has 3 atom stereocenters. The highest BCUT2D eigenvalue weighted by Crippen LogP contribution is 2.36. The van der Waals surface area contributed by atoms with Crippen molar-refractivity contribution in [2.45, 2.75) is 43.2 Å². The number of likely N-dealkylation sites (tertiary alicyclic amines) is 1. The summed E-state index contributed by atoms with van der Waals surface area (Å²) in [6, 6.07) is 13.7. The van der Waals surface area contributed by atoms with Crippen LogP contribution < -0.4 is 4.74 Å². The molecule has 198 valence electrons. The lowest BCUT2D eigenvalue weighted by molar-refractivity contribution is -0.139. The zero-order valence-electron chi connectivity index (χ0n) is 21.1. The maximum absolute atomic E-state index is 15.5. The van der Waals surface area contributed by atoms with Crippen molar-refractivity contribution in [3.8, 4) is 5.75 Å². The molecule has 37 heavy (non-hydrogen) atoms. The number of halogens is 2. The molecule has 1 aromatic heterocycles. The average molecular weight is 529 g/mol. The molecule has 0 spiro atoms. The third-order valence-corrected chi connectivity index (χ3v) is 8.32. The number of fused-ring (bicyclic) bond motifs is 1. The second-order valence-corrected chi connectivity index (χ2v) is 10.9. The fraction of sp³-hybridized carbons (Fsp3) is 0.448. The van der Waals surface area contributed by atoms with Crippen molar-refractivity contribution < 1.29 is 23.4 Å². The van der Waals surface area contributed by atoms with E-state index in [4.69, 9.17) is 4.74 Å². The molecule has 1 fully saturated rings. The molecule has 0 aliphatic carbocycles. The van der Waals surface area contributed by atoms with Gasteiger partial charge in [0.1, 0.15) is 17.7 Å². The average Bonchev–Trinajstić information content (AvgIpc) is 2.90. The van der Waals surface area contributed by atoms with Crippen molar-refractivity contribution in [1.82, 2.24) is 9.88 Å². The number of alkyl halides is 1. The number of piperidine rings is 1. The van der Waals surface area contributed by atoms with Crippen LogP contribution in [-0.4, -0.2) is 53.5 Å². The Morgan fingerprint density at radius 3 is 2.78 bits per heavy atom. The number of benzene rings is 2. The van der Waals surface area contributed by atoms with Crippen molar-refractivity contribution in [2.24, 2.45) is 11.8 Å². The lowest BCUT2D eigenvalue weighted by Crippen LogP contribution is -2.42. The lowest BCUT2D eigenvalue weighted by Gasteiger charge is -2.38. The Morgan fingerprint density at radius 1 is 1.22 bits per heavy atom. The van der Waals surface area contributed by atoms with E-state index in [2.05, 4.69) is 9.88 Å². The summed E-state index contributed by atoms with van der Waals surface area (Å²) in [5, 5.41) is 10.3. The molecule has 0 unspecified atom stereocenters. The number of carbonyl (C=O) groups is 1. The van der Waals surface area contributed by atoms with Gasteiger partial charge < -0.3 is 14.7 Å². The van der Waals surface area contributed by atoms with E-state index in [1.54, 1.807) is 43.3 Å². The van der Waals surface area contributed by atoms with Crippen molar-refractivity contribution in [3.05, 3.63) is 66.1 Å². The van der Waals surface area contributed by atoms with Gasteiger partial charge in [-0.25, -0.2) is 8.78 Å². The molecule has 0 radical (unpaired) electrons. The van der Waals surface area contributed by atoms with Gasteiger partial charge in [0.05, 0.1) is 12.6 Å². The first-order valence-corrected chi connectivity index (χ1v) is 13.8. The predicted molar refractivity (Wildman–Crippen MR) is 143 cm³/mol. The van der Waals surface area contributed by atoms with Crippen LogP contribution in [-0.2, 0) is 4.79 Å². The van der Waals surface area contributed by atoms with Gasteiger partial charge >= 0.3 is 5.97 Å². The number of nitrogens with zero attached hydrogens (tertiary/aromatic N) is 2. The maximum Gasteiger partial charge on any atom is 0.303 e. The Bertz CT molecular complexity index is 1180. The van der Waals surface area contributed by atoms with Gasteiger partial charge in [-0.1, -0.05) is 0 Å². The molecule has 0 amide bonds. The number of hydrogen-bond donors (Lipinski definition) is 1. The highest BCUT2D eigenvalue weighted by Gasteiger charge is 2.31. The Morgan fingerprint density at radius 2 is 2.03 bits per heavy atom. The van der Waals surface area contributed by atoms with E-state index < -0.39 is 12.1 Å². The summed E-state index contributed by atoms with van der Waals surface area (Å²) in [5.41, 5.74) is 1.34. The molecular formula is C29H34F2N2O3S. The third kappa shape index (κ3) is 7.65. The number of aliphatic carboxylic acids is 1. The van der Waals surface area contributed by atoms with Gasteiger partial charge in [-0.05, 0) is 110 Å². The Kier molecular flexibility index (Phi) is 9.75. The summed E-state index contributed by atoms with van der Waals surface area (Å²) in [7, 11) is 1.59. The summed E-state index contributed by atoms with van der Waals surface area (Å²) < 4.78 is 33.8. The number of carboxylic acids is 1. The summed E-state index contributed by atoms with van der Waals surface area (Å²) >= 11 is 1.70. The van der Waals surface area contributed by atoms with E-state index in [1.165, 1.54) is 12.1 Å². The molecule has 0 bridgehead atoms. The molecule has 4 rings (SSSR count). The van der Waals surface area contributed by atoms with Crippen molar-refractivity contribution in [3.63, 3.8) is 0 Å². The summed E-state index contributed by atoms with van der Waals surface area (Å²) in [6.45, 7) is 2.52. The molecule has 8 heteroatoms. The van der Waals surface area contributed by atoms with Gasteiger partial charge in [0.25, 0.3) is 0 Å².